The van der Waals surface area contributed by atoms with E-state index in [0.29, 0.717) is 0 Å². The highest BCUT2D eigenvalue weighted by molar-refractivity contribution is 5.08. The summed E-state index contributed by atoms with van der Waals surface area (Å²) in [4.78, 5) is 3.44. The molecule has 8 rings (SSSR count). The second-order valence-electron chi connectivity index (χ2n) is 19.7. The smallest absolute Gasteiger partial charge is 0.0138 e. The Morgan fingerprint density at radius 2 is 0.771 bits per heavy atom. The number of hydrogen-bond donors (Lipinski definition) is 0. The zero-order valence-electron chi connectivity index (χ0n) is 31.6. The predicted octanol–water partition coefficient (Wildman–Crippen LogP) is 13.3. The van der Waals surface area contributed by atoms with Gasteiger partial charge in [0.05, 0.1) is 0 Å². The van der Waals surface area contributed by atoms with Crippen molar-refractivity contribution in [3.8, 4) is 0 Å². The Balaban J connectivity index is 1.03. The van der Waals surface area contributed by atoms with E-state index in [1.165, 1.54) is 141 Å². The van der Waals surface area contributed by atoms with Crippen molar-refractivity contribution < 1.29 is 0 Å². The average Bonchev–Trinajstić information content (AvgIpc) is 3.15. The van der Waals surface area contributed by atoms with Gasteiger partial charge in [-0.1, -0.05) is 108 Å². The molecule has 8 aliphatic carbocycles. The fourth-order valence-electron chi connectivity index (χ4n) is 14.7. The molecule has 0 amide bonds. The van der Waals surface area contributed by atoms with Gasteiger partial charge in [0.1, 0.15) is 0 Å². The van der Waals surface area contributed by atoms with Crippen molar-refractivity contribution in [1.29, 1.82) is 0 Å². The Hall–Kier alpha value is -0.560. The SMILES string of the molecule is CC1CC2CCCCC2C2C1C1CCCCC1CC2N(C1CCC(C=CC2CCCCC2)CC1)C1CCC(C=CC2CCCCC2)CC1. The Morgan fingerprint density at radius 3 is 1.27 bits per heavy atom. The Bertz CT molecular complexity index is 981. The molecule has 48 heavy (non-hydrogen) atoms. The lowest BCUT2D eigenvalue weighted by molar-refractivity contribution is -0.137. The van der Waals surface area contributed by atoms with Crippen molar-refractivity contribution >= 4 is 0 Å². The third-order valence-corrected chi connectivity index (χ3v) is 17.0. The van der Waals surface area contributed by atoms with Crippen LogP contribution in [0.15, 0.2) is 24.3 Å². The van der Waals surface area contributed by atoms with Gasteiger partial charge in [0.15, 0.2) is 0 Å². The fraction of sp³-hybridized carbons (Fsp3) is 0.915. The van der Waals surface area contributed by atoms with Crippen LogP contribution in [0, 0.1) is 65.1 Å². The molecule has 270 valence electrons. The van der Waals surface area contributed by atoms with E-state index in [9.17, 15) is 0 Å². The van der Waals surface area contributed by atoms with E-state index in [-0.39, 0.29) is 0 Å². The summed E-state index contributed by atoms with van der Waals surface area (Å²) in [5.74, 6) is 10.8. The van der Waals surface area contributed by atoms with Gasteiger partial charge in [-0.2, -0.15) is 0 Å². The maximum Gasteiger partial charge on any atom is 0.0138 e. The minimum Gasteiger partial charge on any atom is -0.294 e. The highest BCUT2D eigenvalue weighted by Gasteiger charge is 2.56. The molecule has 8 saturated carbocycles. The first-order valence-electron chi connectivity index (χ1n) is 22.9. The summed E-state index contributed by atoms with van der Waals surface area (Å²) in [6.45, 7) is 2.76. The molecular formula is C47H77N. The quantitative estimate of drug-likeness (QED) is 0.247. The minimum absolute atomic E-state index is 0.866. The average molecular weight is 656 g/mol. The van der Waals surface area contributed by atoms with Crippen molar-refractivity contribution in [3.63, 3.8) is 0 Å². The maximum atomic E-state index is 3.44. The normalized spacial score (nSPS) is 45.2. The molecule has 0 aromatic carbocycles. The van der Waals surface area contributed by atoms with E-state index >= 15 is 0 Å². The molecule has 0 spiro atoms. The highest BCUT2D eigenvalue weighted by Crippen LogP contribution is 2.60. The van der Waals surface area contributed by atoms with Gasteiger partial charge < -0.3 is 0 Å². The van der Waals surface area contributed by atoms with Crippen LogP contribution in [0.25, 0.3) is 0 Å². The number of nitrogens with zero attached hydrogens (tertiary/aromatic N) is 1. The van der Waals surface area contributed by atoms with E-state index in [1.807, 2.05) is 0 Å². The van der Waals surface area contributed by atoms with Crippen LogP contribution in [0.2, 0.25) is 0 Å². The first kappa shape index (κ1) is 34.5. The number of allylic oxidation sites excluding steroid dienone is 4. The Labute approximate surface area is 298 Å². The van der Waals surface area contributed by atoms with E-state index in [1.54, 1.807) is 38.5 Å². The van der Waals surface area contributed by atoms with E-state index in [4.69, 9.17) is 0 Å². The Morgan fingerprint density at radius 1 is 0.375 bits per heavy atom. The van der Waals surface area contributed by atoms with Gasteiger partial charge in [0.2, 0.25) is 0 Å². The van der Waals surface area contributed by atoms with Crippen molar-refractivity contribution in [3.05, 3.63) is 24.3 Å². The number of fused-ring (bicyclic) bond motifs is 5. The van der Waals surface area contributed by atoms with E-state index in [2.05, 4.69) is 36.1 Å². The second-order valence-corrected chi connectivity index (χ2v) is 19.7. The molecule has 1 heteroatoms. The van der Waals surface area contributed by atoms with Crippen LogP contribution >= 0.6 is 0 Å². The van der Waals surface area contributed by atoms with Crippen LogP contribution < -0.4 is 0 Å². The maximum absolute atomic E-state index is 3.44. The van der Waals surface area contributed by atoms with Crippen LogP contribution in [0.4, 0.5) is 0 Å². The molecule has 0 heterocycles. The van der Waals surface area contributed by atoms with Crippen molar-refractivity contribution in [2.24, 2.45) is 65.1 Å². The molecule has 0 aromatic heterocycles. The molecule has 8 unspecified atom stereocenters. The van der Waals surface area contributed by atoms with Gasteiger partial charge in [-0.05, 0) is 168 Å². The lowest BCUT2D eigenvalue weighted by Crippen LogP contribution is -2.63. The Kier molecular flexibility index (Phi) is 11.8. The summed E-state index contributed by atoms with van der Waals surface area (Å²) in [6, 6.07) is 2.64. The molecule has 0 aliphatic heterocycles. The predicted molar refractivity (Wildman–Crippen MR) is 205 cm³/mol. The van der Waals surface area contributed by atoms with E-state index in [0.717, 1.165) is 83.2 Å². The fourth-order valence-corrected chi connectivity index (χ4v) is 14.7. The molecular weight excluding hydrogens is 579 g/mol. The molecule has 1 nitrogen and oxygen atoms in total. The van der Waals surface area contributed by atoms with E-state index < -0.39 is 0 Å². The first-order valence-corrected chi connectivity index (χ1v) is 22.9. The van der Waals surface area contributed by atoms with Crippen LogP contribution in [-0.2, 0) is 0 Å². The zero-order valence-corrected chi connectivity index (χ0v) is 31.6. The van der Waals surface area contributed by atoms with Gasteiger partial charge >= 0.3 is 0 Å². The molecule has 8 fully saturated rings. The van der Waals surface area contributed by atoms with Crippen LogP contribution in [-0.4, -0.2) is 23.0 Å². The topological polar surface area (TPSA) is 3.24 Å². The summed E-state index contributed by atoms with van der Waals surface area (Å²) in [6.07, 6.45) is 53.0. The zero-order chi connectivity index (χ0) is 32.3. The van der Waals surface area contributed by atoms with Crippen LogP contribution in [0.5, 0.6) is 0 Å². The molecule has 0 N–H and O–H groups in total. The molecule has 0 aromatic rings. The molecule has 0 saturated heterocycles. The van der Waals surface area contributed by atoms with Crippen molar-refractivity contribution in [2.45, 2.75) is 205 Å². The summed E-state index contributed by atoms with van der Waals surface area (Å²) in [5.41, 5.74) is 0. The minimum atomic E-state index is 0.866. The van der Waals surface area contributed by atoms with Crippen LogP contribution in [0.3, 0.4) is 0 Å². The molecule has 0 radical (unpaired) electrons. The lowest BCUT2D eigenvalue weighted by Gasteiger charge is -2.63. The van der Waals surface area contributed by atoms with Crippen molar-refractivity contribution in [2.75, 3.05) is 0 Å². The summed E-state index contributed by atoms with van der Waals surface area (Å²) in [5, 5.41) is 0. The van der Waals surface area contributed by atoms with Crippen molar-refractivity contribution in [1.82, 2.24) is 4.90 Å². The molecule has 8 atom stereocenters. The number of hydrogen-bond acceptors (Lipinski definition) is 1. The lowest BCUT2D eigenvalue weighted by atomic mass is 9.47. The molecule has 0 bridgehead atoms. The summed E-state index contributed by atoms with van der Waals surface area (Å²) < 4.78 is 0. The highest BCUT2D eigenvalue weighted by atomic mass is 15.2. The second kappa shape index (κ2) is 16.4. The monoisotopic (exact) mass is 656 g/mol. The standard InChI is InChI=1S/C47H77N/c1-34-32-39-16-8-11-19-44(39)47-45(33-40-17-9-10-18-43(40)46(34)47)48(41-28-24-37(25-29-41)22-20-35-12-4-2-5-13-35)42-30-26-38(27-31-42)23-21-36-14-6-3-7-15-36/h20-23,34-47H,2-19,24-33H2,1H3. The number of rotatable bonds is 7. The van der Waals surface area contributed by atoms with Gasteiger partial charge in [-0.15, -0.1) is 0 Å². The first-order chi connectivity index (χ1) is 23.7. The summed E-state index contributed by atoms with van der Waals surface area (Å²) in [7, 11) is 0. The van der Waals surface area contributed by atoms with Gasteiger partial charge in [-0.25, -0.2) is 0 Å². The van der Waals surface area contributed by atoms with Gasteiger partial charge in [0, 0.05) is 18.1 Å². The van der Waals surface area contributed by atoms with Gasteiger partial charge in [0.25, 0.3) is 0 Å². The summed E-state index contributed by atoms with van der Waals surface area (Å²) >= 11 is 0. The largest absolute Gasteiger partial charge is 0.294 e. The third-order valence-electron chi connectivity index (χ3n) is 17.0. The third kappa shape index (κ3) is 7.77. The van der Waals surface area contributed by atoms with Crippen LogP contribution in [0.1, 0.15) is 187 Å². The molecule has 8 aliphatic rings. The van der Waals surface area contributed by atoms with Gasteiger partial charge in [-0.3, -0.25) is 4.90 Å².